The normalized spacial score (nSPS) is 20.7. The molecule has 1 aliphatic rings. The first-order valence-corrected chi connectivity index (χ1v) is 5.93. The standard InChI is InChI=1S/C12H22NO3/c1-9(14)10-5-7-13(8-6-10)11(15)16-12(2,3)4/h9-10H,5-8H2,1-4H3. The third-order valence-electron chi connectivity index (χ3n) is 2.86. The van der Waals surface area contributed by atoms with E-state index in [-0.39, 0.29) is 12.0 Å². The Bertz CT molecular complexity index is 237. The van der Waals surface area contributed by atoms with Crippen LogP contribution in [0.4, 0.5) is 4.79 Å². The highest BCUT2D eigenvalue weighted by atomic mass is 16.6. The molecule has 1 rings (SSSR count). The van der Waals surface area contributed by atoms with Crippen LogP contribution in [-0.4, -0.2) is 35.8 Å². The number of rotatable bonds is 1. The van der Waals surface area contributed by atoms with Crippen molar-refractivity contribution < 1.29 is 14.6 Å². The first kappa shape index (κ1) is 13.3. The second-order valence-electron chi connectivity index (χ2n) is 5.51. The third-order valence-corrected chi connectivity index (χ3v) is 2.86. The number of nitrogens with zero attached hydrogens (tertiary/aromatic N) is 1. The van der Waals surface area contributed by atoms with Crippen LogP contribution in [0.2, 0.25) is 0 Å². The number of amides is 1. The Morgan fingerprint density at radius 3 is 2.19 bits per heavy atom. The summed E-state index contributed by atoms with van der Waals surface area (Å²) in [5, 5.41) is 11.3. The summed E-state index contributed by atoms with van der Waals surface area (Å²) in [4.78, 5) is 13.4. The van der Waals surface area contributed by atoms with E-state index < -0.39 is 11.7 Å². The van der Waals surface area contributed by atoms with Gasteiger partial charge in [-0.15, -0.1) is 0 Å². The lowest BCUT2D eigenvalue weighted by atomic mass is 9.92. The molecule has 1 fully saturated rings. The number of likely N-dealkylation sites (tertiary alicyclic amines) is 1. The van der Waals surface area contributed by atoms with Gasteiger partial charge in [-0.25, -0.2) is 9.90 Å². The predicted octanol–water partition coefficient (Wildman–Crippen LogP) is 2.45. The van der Waals surface area contributed by atoms with E-state index in [4.69, 9.17) is 4.74 Å². The molecule has 0 aromatic rings. The summed E-state index contributed by atoms with van der Waals surface area (Å²) in [6.07, 6.45) is 0.804. The molecule has 0 spiro atoms. The fourth-order valence-corrected chi connectivity index (χ4v) is 1.88. The van der Waals surface area contributed by atoms with Crippen LogP contribution < -0.4 is 0 Å². The Morgan fingerprint density at radius 2 is 1.81 bits per heavy atom. The Kier molecular flexibility index (Phi) is 4.19. The Balaban J connectivity index is 2.39. The average molecular weight is 228 g/mol. The Labute approximate surface area is 97.6 Å². The van der Waals surface area contributed by atoms with Crippen LogP contribution in [0.3, 0.4) is 0 Å². The van der Waals surface area contributed by atoms with Crippen LogP contribution in [0.1, 0.15) is 40.5 Å². The largest absolute Gasteiger partial charge is 0.444 e. The molecule has 0 N–H and O–H groups in total. The molecule has 1 atom stereocenters. The lowest BCUT2D eigenvalue weighted by Gasteiger charge is -2.33. The van der Waals surface area contributed by atoms with Gasteiger partial charge in [0.25, 0.3) is 0 Å². The van der Waals surface area contributed by atoms with Crippen LogP contribution in [0.15, 0.2) is 0 Å². The zero-order chi connectivity index (χ0) is 12.3. The van der Waals surface area contributed by atoms with E-state index in [2.05, 4.69) is 0 Å². The van der Waals surface area contributed by atoms with Crippen LogP contribution >= 0.6 is 0 Å². The number of piperidine rings is 1. The van der Waals surface area contributed by atoms with E-state index >= 15 is 0 Å². The van der Waals surface area contributed by atoms with Crippen molar-refractivity contribution in [1.29, 1.82) is 0 Å². The van der Waals surface area contributed by atoms with Gasteiger partial charge in [0, 0.05) is 13.1 Å². The van der Waals surface area contributed by atoms with Gasteiger partial charge in [0.1, 0.15) is 5.60 Å². The molecule has 0 aromatic heterocycles. The van der Waals surface area contributed by atoms with Crippen molar-refractivity contribution in [2.24, 2.45) is 5.92 Å². The molecule has 16 heavy (non-hydrogen) atoms. The van der Waals surface area contributed by atoms with Crippen molar-refractivity contribution in [2.45, 2.75) is 52.2 Å². The predicted molar refractivity (Wildman–Crippen MR) is 60.7 cm³/mol. The molecule has 1 saturated heterocycles. The van der Waals surface area contributed by atoms with E-state index in [0.717, 1.165) is 12.8 Å². The van der Waals surface area contributed by atoms with Crippen LogP contribution in [0, 0.1) is 5.92 Å². The third kappa shape index (κ3) is 4.00. The van der Waals surface area contributed by atoms with Crippen molar-refractivity contribution in [3.05, 3.63) is 0 Å². The Hall–Kier alpha value is -0.770. The zero-order valence-electron chi connectivity index (χ0n) is 10.7. The minimum absolute atomic E-state index is 0.207. The van der Waals surface area contributed by atoms with E-state index in [9.17, 15) is 9.90 Å². The van der Waals surface area contributed by atoms with Crippen molar-refractivity contribution in [1.82, 2.24) is 4.90 Å². The van der Waals surface area contributed by atoms with Gasteiger partial charge in [0.2, 0.25) is 0 Å². The molecule has 0 aromatic carbocycles. The van der Waals surface area contributed by atoms with Crippen molar-refractivity contribution in [3.63, 3.8) is 0 Å². The lowest BCUT2D eigenvalue weighted by molar-refractivity contribution is -0.00243. The lowest BCUT2D eigenvalue weighted by Crippen LogP contribution is -2.43. The highest BCUT2D eigenvalue weighted by Crippen LogP contribution is 2.22. The summed E-state index contributed by atoms with van der Waals surface area (Å²) in [5.74, 6) is 0.207. The minimum Gasteiger partial charge on any atom is -0.444 e. The maximum absolute atomic E-state index is 11.7. The van der Waals surface area contributed by atoms with Gasteiger partial charge in [-0.2, -0.15) is 0 Å². The maximum Gasteiger partial charge on any atom is 0.410 e. The number of carbonyl (C=O) groups excluding carboxylic acids is 1. The summed E-state index contributed by atoms with van der Waals surface area (Å²) in [6, 6.07) is 0. The maximum atomic E-state index is 11.7. The molecule has 1 heterocycles. The van der Waals surface area contributed by atoms with E-state index in [1.807, 2.05) is 20.8 Å². The SMILES string of the molecule is CC([O])C1CCN(C(=O)OC(C)(C)C)CC1. The van der Waals surface area contributed by atoms with Gasteiger partial charge in [-0.3, -0.25) is 0 Å². The topological polar surface area (TPSA) is 49.4 Å². The summed E-state index contributed by atoms with van der Waals surface area (Å²) in [6.45, 7) is 8.57. The van der Waals surface area contributed by atoms with E-state index in [1.165, 1.54) is 0 Å². The molecule has 1 radical (unpaired) electrons. The molecule has 0 saturated carbocycles. The summed E-state index contributed by atoms with van der Waals surface area (Å²) < 4.78 is 5.28. The number of hydrogen-bond donors (Lipinski definition) is 0. The second kappa shape index (κ2) is 5.04. The van der Waals surface area contributed by atoms with Gasteiger partial charge in [-0.1, -0.05) is 0 Å². The number of ether oxygens (including phenoxy) is 1. The van der Waals surface area contributed by atoms with Crippen molar-refractivity contribution >= 4 is 6.09 Å². The van der Waals surface area contributed by atoms with Crippen LogP contribution in [0.25, 0.3) is 0 Å². The van der Waals surface area contributed by atoms with Gasteiger partial charge in [0.05, 0.1) is 6.10 Å². The Morgan fingerprint density at radius 1 is 1.31 bits per heavy atom. The van der Waals surface area contributed by atoms with Gasteiger partial charge >= 0.3 is 6.09 Å². The van der Waals surface area contributed by atoms with E-state index in [1.54, 1.807) is 11.8 Å². The molecule has 93 valence electrons. The molecule has 4 nitrogen and oxygen atoms in total. The molecular formula is C12H22NO3. The fraction of sp³-hybridized carbons (Fsp3) is 0.917. The monoisotopic (exact) mass is 228 g/mol. The van der Waals surface area contributed by atoms with Gasteiger partial charge in [-0.05, 0) is 46.5 Å². The quantitative estimate of drug-likeness (QED) is 0.692. The van der Waals surface area contributed by atoms with Gasteiger partial charge in [0.15, 0.2) is 0 Å². The molecular weight excluding hydrogens is 206 g/mol. The summed E-state index contributed by atoms with van der Waals surface area (Å²) in [7, 11) is 0. The van der Waals surface area contributed by atoms with Crippen LogP contribution in [0.5, 0.6) is 0 Å². The van der Waals surface area contributed by atoms with Crippen molar-refractivity contribution in [2.75, 3.05) is 13.1 Å². The van der Waals surface area contributed by atoms with Crippen molar-refractivity contribution in [3.8, 4) is 0 Å². The first-order valence-electron chi connectivity index (χ1n) is 5.93. The fourth-order valence-electron chi connectivity index (χ4n) is 1.88. The molecule has 1 aliphatic heterocycles. The molecule has 1 unspecified atom stereocenters. The summed E-state index contributed by atoms with van der Waals surface area (Å²) >= 11 is 0. The summed E-state index contributed by atoms with van der Waals surface area (Å²) in [5.41, 5.74) is -0.445. The highest BCUT2D eigenvalue weighted by molar-refractivity contribution is 5.68. The average Bonchev–Trinajstić information content (AvgIpc) is 2.15. The first-order chi connectivity index (χ1) is 7.29. The molecule has 1 amide bonds. The second-order valence-corrected chi connectivity index (χ2v) is 5.51. The zero-order valence-corrected chi connectivity index (χ0v) is 10.7. The highest BCUT2D eigenvalue weighted by Gasteiger charge is 2.28. The molecule has 4 heteroatoms. The van der Waals surface area contributed by atoms with Crippen LogP contribution in [-0.2, 0) is 9.84 Å². The molecule has 0 aliphatic carbocycles. The van der Waals surface area contributed by atoms with E-state index in [0.29, 0.717) is 13.1 Å². The van der Waals surface area contributed by atoms with Gasteiger partial charge < -0.3 is 9.64 Å². The molecule has 0 bridgehead atoms. The number of carbonyl (C=O) groups is 1. The smallest absolute Gasteiger partial charge is 0.410 e. The number of hydrogen-bond acceptors (Lipinski definition) is 2. The minimum atomic E-state index is -0.527.